The zero-order chi connectivity index (χ0) is 51.1. The molecule has 16 nitrogen and oxygen atoms in total. The highest BCUT2D eigenvalue weighted by atomic mass is 16.5. The summed E-state index contributed by atoms with van der Waals surface area (Å²) in [6.45, 7) is 13.1. The van der Waals surface area contributed by atoms with Gasteiger partial charge in [0.1, 0.15) is 36.5 Å². The SMILES string of the molecule is Cc1nc(-c2ccc(OCCCC(C)(C)C)cc2)nc(C)c1C(=O)C[C@@H](CCN)C(=O)N(C)[C@@H]1C(=O)C[C@@H](C)C(=O)N[C@H](C(=O)CCC#N)Cc2ccc(OCCN)c(c2)-c2cc1ccc2OCCN. The first-order valence-corrected chi connectivity index (χ1v) is 24.1. The summed E-state index contributed by atoms with van der Waals surface area (Å²) in [4.78, 5) is 82.1. The minimum atomic E-state index is -1.25. The van der Waals surface area contributed by atoms with E-state index in [2.05, 4.69) is 26.1 Å². The molecule has 0 radical (unpaired) electrons. The number of amides is 2. The normalized spacial score (nSPS) is 16.6. The number of aromatic nitrogens is 2. The van der Waals surface area contributed by atoms with Gasteiger partial charge in [0.25, 0.3) is 0 Å². The molecule has 2 heterocycles. The van der Waals surface area contributed by atoms with Gasteiger partial charge in [-0.05, 0) is 111 Å². The van der Waals surface area contributed by atoms with E-state index >= 15 is 0 Å². The molecule has 0 saturated carbocycles. The highest BCUT2D eigenvalue weighted by Crippen LogP contribution is 2.41. The van der Waals surface area contributed by atoms with Gasteiger partial charge >= 0.3 is 0 Å². The summed E-state index contributed by atoms with van der Waals surface area (Å²) in [5, 5.41) is 12.1. The number of likely N-dealkylation sites (N-methyl/N-ethyl adjacent to an activating group) is 1. The first kappa shape index (κ1) is 54.4. The van der Waals surface area contributed by atoms with Crippen molar-refractivity contribution in [1.29, 1.82) is 5.26 Å². The zero-order valence-corrected chi connectivity index (χ0v) is 41.8. The van der Waals surface area contributed by atoms with Gasteiger partial charge < -0.3 is 41.6 Å². The van der Waals surface area contributed by atoms with E-state index in [0.29, 0.717) is 63.1 Å². The van der Waals surface area contributed by atoms with Crippen LogP contribution in [0.4, 0.5) is 0 Å². The van der Waals surface area contributed by atoms with E-state index in [1.165, 1.54) is 11.9 Å². The Balaban J connectivity index is 1.50. The molecule has 4 bridgehead atoms. The maximum Gasteiger partial charge on any atom is 0.226 e. The molecule has 70 heavy (non-hydrogen) atoms. The van der Waals surface area contributed by atoms with E-state index in [9.17, 15) is 29.2 Å². The molecule has 374 valence electrons. The summed E-state index contributed by atoms with van der Waals surface area (Å²) >= 11 is 0. The number of rotatable bonds is 21. The number of carbonyl (C=O) groups is 5. The standard InChI is InChI=1S/C54H70N8O8/c1-33-28-46(65)50(38-14-18-48(70-27-24-58)42(31-38)41-29-36(11-17-47(41)69-26-23-57)30-43(61-52(33)66)44(63)10-8-21-55)62(7)53(67)39(19-22-56)32-45(64)49-34(2)59-51(60-35(49)3)37-12-15-40(16-13-37)68-25-9-20-54(4,5)6/h11-18,29,31,33,39,43,50H,8-10,19-20,22-28,30,32,56-58H2,1-7H3,(H,61,66)/t33-,39-,43+,50+/m1/s1. The summed E-state index contributed by atoms with van der Waals surface area (Å²) in [7, 11) is 1.50. The number of aryl methyl sites for hydroxylation is 2. The van der Waals surface area contributed by atoms with E-state index in [0.717, 1.165) is 24.2 Å². The lowest BCUT2D eigenvalue weighted by molar-refractivity contribution is -0.142. The summed E-state index contributed by atoms with van der Waals surface area (Å²) in [6.07, 6.45) is 1.55. The number of ketones is 3. The summed E-state index contributed by atoms with van der Waals surface area (Å²) < 4.78 is 18.2. The highest BCUT2D eigenvalue weighted by Gasteiger charge is 2.36. The summed E-state index contributed by atoms with van der Waals surface area (Å²) in [6, 6.07) is 17.7. The third kappa shape index (κ3) is 14.5. The van der Waals surface area contributed by atoms with Gasteiger partial charge in [0.2, 0.25) is 11.8 Å². The maximum atomic E-state index is 14.9. The van der Waals surface area contributed by atoms with Crippen molar-refractivity contribution in [3.05, 3.63) is 88.7 Å². The molecule has 1 aliphatic heterocycles. The molecule has 1 aromatic heterocycles. The molecule has 2 amide bonds. The molecule has 0 fully saturated rings. The van der Waals surface area contributed by atoms with Crippen molar-refractivity contribution in [2.24, 2.45) is 34.5 Å². The second kappa shape index (κ2) is 25.4. The molecular formula is C54H70N8O8. The molecule has 0 aliphatic carbocycles. The smallest absolute Gasteiger partial charge is 0.226 e. The van der Waals surface area contributed by atoms with E-state index < -0.39 is 41.5 Å². The number of benzene rings is 3. The van der Waals surface area contributed by atoms with Gasteiger partial charge in [-0.25, -0.2) is 9.97 Å². The molecule has 1 aliphatic rings. The first-order valence-electron chi connectivity index (χ1n) is 24.1. The minimum Gasteiger partial charge on any atom is -0.494 e. The van der Waals surface area contributed by atoms with Crippen molar-refractivity contribution in [2.75, 3.05) is 46.5 Å². The van der Waals surface area contributed by atoms with Gasteiger partial charge in [-0.1, -0.05) is 39.8 Å². The maximum absolute atomic E-state index is 14.9. The molecule has 4 atom stereocenters. The van der Waals surface area contributed by atoms with Crippen molar-refractivity contribution in [3.8, 4) is 45.8 Å². The Labute approximate surface area is 412 Å². The van der Waals surface area contributed by atoms with Gasteiger partial charge in [0, 0.05) is 74.3 Å². The van der Waals surface area contributed by atoms with E-state index in [-0.39, 0.29) is 88.4 Å². The van der Waals surface area contributed by atoms with E-state index in [1.807, 2.05) is 36.4 Å². The third-order valence-corrected chi connectivity index (χ3v) is 12.3. The minimum absolute atomic E-state index is 0.0347. The van der Waals surface area contributed by atoms with E-state index in [1.54, 1.807) is 51.1 Å². The van der Waals surface area contributed by atoms with Crippen LogP contribution < -0.4 is 36.7 Å². The lowest BCUT2D eigenvalue weighted by atomic mass is 9.88. The average Bonchev–Trinajstić information content (AvgIpc) is 3.32. The van der Waals surface area contributed by atoms with Crippen LogP contribution >= 0.6 is 0 Å². The number of nitrogens with zero attached hydrogens (tertiary/aromatic N) is 4. The highest BCUT2D eigenvalue weighted by molar-refractivity contribution is 6.01. The van der Waals surface area contributed by atoms with Gasteiger partial charge in [0.15, 0.2) is 23.2 Å². The Kier molecular flexibility index (Phi) is 19.7. The second-order valence-corrected chi connectivity index (χ2v) is 19.2. The fourth-order valence-electron chi connectivity index (χ4n) is 8.71. The molecular weight excluding hydrogens is 889 g/mol. The van der Waals surface area contributed by atoms with Crippen LogP contribution in [-0.4, -0.2) is 96.6 Å². The first-order chi connectivity index (χ1) is 33.4. The number of ether oxygens (including phenoxy) is 3. The number of hydrogen-bond acceptors (Lipinski definition) is 14. The van der Waals surface area contributed by atoms with Crippen molar-refractivity contribution in [1.82, 2.24) is 20.2 Å². The number of nitriles is 1. The fourth-order valence-corrected chi connectivity index (χ4v) is 8.71. The monoisotopic (exact) mass is 959 g/mol. The van der Waals surface area contributed by atoms with Crippen molar-refractivity contribution in [3.63, 3.8) is 0 Å². The molecule has 7 N–H and O–H groups in total. The van der Waals surface area contributed by atoms with Crippen LogP contribution in [0.2, 0.25) is 0 Å². The topological polar surface area (TPSA) is 256 Å². The summed E-state index contributed by atoms with van der Waals surface area (Å²) in [5.41, 5.74) is 22.2. The van der Waals surface area contributed by atoms with Gasteiger partial charge in [-0.15, -0.1) is 0 Å². The van der Waals surface area contributed by atoms with Crippen LogP contribution in [0.1, 0.15) is 112 Å². The largest absolute Gasteiger partial charge is 0.494 e. The third-order valence-electron chi connectivity index (χ3n) is 12.3. The van der Waals surface area contributed by atoms with Crippen LogP contribution in [0, 0.1) is 42.4 Å². The quantitative estimate of drug-likeness (QED) is 0.0510. The number of fused-ring (bicyclic) bond motifs is 5. The van der Waals surface area contributed by atoms with E-state index in [4.69, 9.17) is 41.4 Å². The number of nitrogens with one attached hydrogen (secondary N) is 1. The summed E-state index contributed by atoms with van der Waals surface area (Å²) in [5.74, 6) is -2.04. The van der Waals surface area contributed by atoms with Crippen LogP contribution in [0.5, 0.6) is 17.2 Å². The van der Waals surface area contributed by atoms with Crippen LogP contribution in [0.3, 0.4) is 0 Å². The average molecular weight is 959 g/mol. The van der Waals surface area contributed by atoms with Gasteiger partial charge in [-0.3, -0.25) is 24.0 Å². The second-order valence-electron chi connectivity index (χ2n) is 19.2. The lowest BCUT2D eigenvalue weighted by Crippen LogP contribution is -2.46. The number of nitrogens with two attached hydrogens (primary N) is 3. The van der Waals surface area contributed by atoms with Crippen molar-refractivity contribution < 1.29 is 38.2 Å². The van der Waals surface area contributed by atoms with Crippen LogP contribution in [-0.2, 0) is 25.6 Å². The molecule has 0 spiro atoms. The van der Waals surface area contributed by atoms with Crippen molar-refractivity contribution >= 4 is 29.2 Å². The van der Waals surface area contributed by atoms with Crippen LogP contribution in [0.15, 0.2) is 60.7 Å². The Morgan fingerprint density at radius 3 is 2.09 bits per heavy atom. The number of carbonyl (C=O) groups excluding carboxylic acids is 5. The Morgan fingerprint density at radius 1 is 0.857 bits per heavy atom. The van der Waals surface area contributed by atoms with Gasteiger partial charge in [0.05, 0.1) is 35.7 Å². The number of Topliss-reactive ketones (excluding diaryl/α,β-unsaturated/α-hetero) is 3. The molecule has 3 aromatic carbocycles. The van der Waals surface area contributed by atoms with Gasteiger partial charge in [-0.2, -0.15) is 5.26 Å². The Hall–Kier alpha value is -6.54. The molecule has 5 rings (SSSR count). The Morgan fingerprint density at radius 2 is 1.49 bits per heavy atom. The molecule has 4 aromatic rings. The predicted octanol–water partition coefficient (Wildman–Crippen LogP) is 6.55. The Bertz CT molecular complexity index is 2510. The predicted molar refractivity (Wildman–Crippen MR) is 268 cm³/mol. The fraction of sp³-hybridized carbons (Fsp3) is 0.481. The lowest BCUT2D eigenvalue weighted by Gasteiger charge is -2.32. The zero-order valence-electron chi connectivity index (χ0n) is 41.8. The van der Waals surface area contributed by atoms with Crippen LogP contribution in [0.25, 0.3) is 22.5 Å². The van der Waals surface area contributed by atoms with Crippen molar-refractivity contribution in [2.45, 2.75) is 105 Å². The molecule has 16 heteroatoms. The molecule has 0 saturated heterocycles. The molecule has 0 unspecified atom stereocenters. The number of hydrogen-bond donors (Lipinski definition) is 4.